The van der Waals surface area contributed by atoms with Crippen molar-refractivity contribution in [3.8, 4) is 0 Å². The van der Waals surface area contributed by atoms with Crippen LogP contribution in [-0.2, 0) is 0 Å². The number of nitrogens with zero attached hydrogens (tertiary/aromatic N) is 4. The molecule has 1 aromatic rings. The second-order valence-corrected chi connectivity index (χ2v) is 6.00. The molecule has 0 bridgehead atoms. The molecular weight excluding hydrogens is 236 g/mol. The van der Waals surface area contributed by atoms with Gasteiger partial charge in [0, 0.05) is 44.6 Å². The average molecular weight is 260 g/mol. The summed E-state index contributed by atoms with van der Waals surface area (Å²) in [7, 11) is 0. The Morgan fingerprint density at radius 1 is 1.00 bits per heavy atom. The fourth-order valence-electron chi connectivity index (χ4n) is 3.38. The molecule has 0 spiro atoms. The van der Waals surface area contributed by atoms with E-state index in [1.165, 1.54) is 38.8 Å². The maximum Gasteiger partial charge on any atom is 0.147 e. The second kappa shape index (κ2) is 5.87. The fourth-order valence-corrected chi connectivity index (χ4v) is 3.38. The second-order valence-electron chi connectivity index (χ2n) is 6.00. The molecule has 4 nitrogen and oxygen atoms in total. The molecule has 0 unspecified atom stereocenters. The van der Waals surface area contributed by atoms with Gasteiger partial charge in [-0.15, -0.1) is 0 Å². The first-order chi connectivity index (χ1) is 9.33. The molecule has 0 amide bonds. The summed E-state index contributed by atoms with van der Waals surface area (Å²) in [4.78, 5) is 13.6. The Labute approximate surface area is 115 Å². The van der Waals surface area contributed by atoms with Crippen molar-refractivity contribution in [1.29, 1.82) is 0 Å². The first-order valence-corrected chi connectivity index (χ1v) is 7.58. The maximum absolute atomic E-state index is 4.39. The Bertz CT molecular complexity index is 378. The van der Waals surface area contributed by atoms with E-state index in [2.05, 4.69) is 26.7 Å². The summed E-state index contributed by atoms with van der Waals surface area (Å²) in [5.41, 5.74) is 0. The highest BCUT2D eigenvalue weighted by Crippen LogP contribution is 2.28. The number of piperazine rings is 1. The lowest BCUT2D eigenvalue weighted by atomic mass is 9.86. The van der Waals surface area contributed by atoms with Gasteiger partial charge in [0.25, 0.3) is 0 Å². The third kappa shape index (κ3) is 3.06. The van der Waals surface area contributed by atoms with Crippen LogP contribution in [-0.4, -0.2) is 47.1 Å². The molecule has 1 aliphatic carbocycles. The van der Waals surface area contributed by atoms with Crippen LogP contribution < -0.4 is 4.90 Å². The molecule has 1 aliphatic heterocycles. The van der Waals surface area contributed by atoms with Crippen LogP contribution in [0.3, 0.4) is 0 Å². The van der Waals surface area contributed by atoms with Gasteiger partial charge in [-0.25, -0.2) is 4.98 Å². The van der Waals surface area contributed by atoms with Crippen molar-refractivity contribution >= 4 is 5.82 Å². The van der Waals surface area contributed by atoms with Crippen LogP contribution >= 0.6 is 0 Å². The third-order valence-electron chi connectivity index (χ3n) is 4.69. The molecule has 1 saturated heterocycles. The van der Waals surface area contributed by atoms with E-state index in [9.17, 15) is 0 Å². The Morgan fingerprint density at radius 2 is 1.74 bits per heavy atom. The van der Waals surface area contributed by atoms with Gasteiger partial charge < -0.3 is 4.90 Å². The Hall–Kier alpha value is -1.16. The Balaban J connectivity index is 1.52. The molecule has 2 heterocycles. The summed E-state index contributed by atoms with van der Waals surface area (Å²) < 4.78 is 0. The summed E-state index contributed by atoms with van der Waals surface area (Å²) in [5, 5.41) is 0. The van der Waals surface area contributed by atoms with Gasteiger partial charge in [-0.05, 0) is 31.6 Å². The van der Waals surface area contributed by atoms with Crippen LogP contribution in [0, 0.1) is 5.92 Å². The van der Waals surface area contributed by atoms with Crippen molar-refractivity contribution in [3.63, 3.8) is 0 Å². The van der Waals surface area contributed by atoms with E-state index in [1.807, 2.05) is 6.20 Å². The van der Waals surface area contributed by atoms with Crippen molar-refractivity contribution in [1.82, 2.24) is 14.9 Å². The van der Waals surface area contributed by atoms with E-state index >= 15 is 0 Å². The van der Waals surface area contributed by atoms with Crippen LogP contribution in [0.1, 0.15) is 32.6 Å². The molecule has 2 aliphatic rings. The van der Waals surface area contributed by atoms with Crippen LogP contribution in [0.2, 0.25) is 0 Å². The van der Waals surface area contributed by atoms with Crippen molar-refractivity contribution in [2.45, 2.75) is 38.6 Å². The van der Waals surface area contributed by atoms with Gasteiger partial charge in [-0.1, -0.05) is 6.92 Å². The lowest BCUT2D eigenvalue weighted by Gasteiger charge is -2.41. The van der Waals surface area contributed by atoms with Crippen LogP contribution in [0.15, 0.2) is 18.6 Å². The summed E-state index contributed by atoms with van der Waals surface area (Å²) in [6.07, 6.45) is 11.0. The lowest BCUT2D eigenvalue weighted by Crippen LogP contribution is -2.51. The highest BCUT2D eigenvalue weighted by molar-refractivity contribution is 5.35. The van der Waals surface area contributed by atoms with Crippen molar-refractivity contribution in [3.05, 3.63) is 18.6 Å². The van der Waals surface area contributed by atoms with Gasteiger partial charge in [0.2, 0.25) is 0 Å². The molecule has 0 aromatic carbocycles. The zero-order valence-electron chi connectivity index (χ0n) is 11.8. The fraction of sp³-hybridized carbons (Fsp3) is 0.733. The summed E-state index contributed by atoms with van der Waals surface area (Å²) in [6, 6.07) is 0.834. The molecule has 0 atom stereocenters. The summed E-state index contributed by atoms with van der Waals surface area (Å²) >= 11 is 0. The molecule has 1 saturated carbocycles. The molecule has 4 heteroatoms. The standard InChI is InChI=1S/C15H24N4/c1-13-2-4-14(5-3-13)18-8-10-19(11-9-18)15-12-16-6-7-17-15/h6-7,12-14H,2-5,8-11H2,1H3. The first kappa shape index (κ1) is 12.9. The predicted octanol–water partition coefficient (Wildman–Crippen LogP) is 2.18. The van der Waals surface area contributed by atoms with Crippen molar-refractivity contribution in [2.75, 3.05) is 31.1 Å². The highest BCUT2D eigenvalue weighted by atomic mass is 15.3. The SMILES string of the molecule is CC1CCC(N2CCN(c3cnccn3)CC2)CC1. The number of hydrogen-bond acceptors (Lipinski definition) is 4. The van der Waals surface area contributed by atoms with Gasteiger partial charge in [0.05, 0.1) is 6.20 Å². The van der Waals surface area contributed by atoms with Crippen LogP contribution in [0.4, 0.5) is 5.82 Å². The van der Waals surface area contributed by atoms with Crippen molar-refractivity contribution < 1.29 is 0 Å². The highest BCUT2D eigenvalue weighted by Gasteiger charge is 2.27. The van der Waals surface area contributed by atoms with Gasteiger partial charge in [-0.2, -0.15) is 0 Å². The molecular formula is C15H24N4. The Morgan fingerprint density at radius 3 is 2.37 bits per heavy atom. The molecule has 3 rings (SSSR count). The first-order valence-electron chi connectivity index (χ1n) is 7.58. The largest absolute Gasteiger partial charge is 0.353 e. The van der Waals surface area contributed by atoms with E-state index < -0.39 is 0 Å². The predicted molar refractivity (Wildman–Crippen MR) is 77.2 cm³/mol. The van der Waals surface area contributed by atoms with E-state index in [-0.39, 0.29) is 0 Å². The molecule has 1 aromatic heterocycles. The lowest BCUT2D eigenvalue weighted by molar-refractivity contribution is 0.132. The molecule has 104 valence electrons. The number of hydrogen-bond donors (Lipinski definition) is 0. The van der Waals surface area contributed by atoms with E-state index in [1.54, 1.807) is 12.4 Å². The van der Waals surface area contributed by atoms with Crippen LogP contribution in [0.25, 0.3) is 0 Å². The zero-order valence-corrected chi connectivity index (χ0v) is 11.8. The Kier molecular flexibility index (Phi) is 3.97. The number of aromatic nitrogens is 2. The van der Waals surface area contributed by atoms with Crippen molar-refractivity contribution in [2.24, 2.45) is 5.92 Å². The van der Waals surface area contributed by atoms with E-state index in [0.29, 0.717) is 0 Å². The molecule has 19 heavy (non-hydrogen) atoms. The third-order valence-corrected chi connectivity index (χ3v) is 4.69. The quantitative estimate of drug-likeness (QED) is 0.816. The number of rotatable bonds is 2. The zero-order chi connectivity index (χ0) is 13.1. The van der Waals surface area contributed by atoms with Gasteiger partial charge in [-0.3, -0.25) is 9.88 Å². The number of anilines is 1. The normalized spacial score (nSPS) is 29.4. The van der Waals surface area contributed by atoms with E-state index in [4.69, 9.17) is 0 Å². The molecule has 2 fully saturated rings. The molecule has 0 N–H and O–H groups in total. The molecule has 0 radical (unpaired) electrons. The summed E-state index contributed by atoms with van der Waals surface area (Å²) in [6.45, 7) is 6.92. The topological polar surface area (TPSA) is 32.3 Å². The van der Waals surface area contributed by atoms with E-state index in [0.717, 1.165) is 30.9 Å². The minimum Gasteiger partial charge on any atom is -0.353 e. The summed E-state index contributed by atoms with van der Waals surface area (Å²) in [5.74, 6) is 1.97. The average Bonchev–Trinajstić information content (AvgIpc) is 2.49. The van der Waals surface area contributed by atoms with Crippen LogP contribution in [0.5, 0.6) is 0 Å². The maximum atomic E-state index is 4.39. The van der Waals surface area contributed by atoms with Gasteiger partial charge in [0.15, 0.2) is 0 Å². The smallest absolute Gasteiger partial charge is 0.147 e. The minimum atomic E-state index is 0.834. The minimum absolute atomic E-state index is 0.834. The monoisotopic (exact) mass is 260 g/mol. The van der Waals surface area contributed by atoms with Gasteiger partial charge in [0.1, 0.15) is 5.82 Å². The van der Waals surface area contributed by atoms with Gasteiger partial charge >= 0.3 is 0 Å².